The average Bonchev–Trinajstić information content (AvgIpc) is 2.31. The van der Waals surface area contributed by atoms with E-state index in [1.807, 2.05) is 0 Å². The Morgan fingerprint density at radius 2 is 1.79 bits per heavy atom. The minimum atomic E-state index is -1.36. The Balaban J connectivity index is 2.60. The molecule has 0 amide bonds. The zero-order chi connectivity index (χ0) is 14.7. The van der Waals surface area contributed by atoms with Crippen LogP contribution in [0, 0.1) is 11.8 Å². The molecule has 0 aromatic carbocycles. The van der Waals surface area contributed by atoms with Crippen molar-refractivity contribution >= 4 is 8.07 Å². The van der Waals surface area contributed by atoms with Gasteiger partial charge in [0.15, 0.2) is 0 Å². The first-order valence-corrected chi connectivity index (χ1v) is 11.1. The van der Waals surface area contributed by atoms with Crippen LogP contribution < -0.4 is 0 Å². The number of rotatable bonds is 5. The highest BCUT2D eigenvalue weighted by molar-refractivity contribution is 6.84. The molecule has 1 aliphatic rings. The van der Waals surface area contributed by atoms with E-state index in [1.54, 1.807) is 0 Å². The Morgan fingerprint density at radius 1 is 1.21 bits per heavy atom. The first-order valence-electron chi connectivity index (χ1n) is 8.04. The van der Waals surface area contributed by atoms with Gasteiger partial charge in [0.25, 0.3) is 0 Å². The molecule has 1 rings (SSSR count). The van der Waals surface area contributed by atoms with Gasteiger partial charge in [-0.1, -0.05) is 65.4 Å². The lowest BCUT2D eigenvalue weighted by molar-refractivity contribution is 0.0714. The predicted molar refractivity (Wildman–Crippen MR) is 88.1 cm³/mol. The van der Waals surface area contributed by atoms with Gasteiger partial charge in [0.1, 0.15) is 0 Å². The summed E-state index contributed by atoms with van der Waals surface area (Å²) in [5, 5.41) is 10.4. The van der Waals surface area contributed by atoms with Crippen LogP contribution in [0.5, 0.6) is 0 Å². The average molecular weight is 283 g/mol. The van der Waals surface area contributed by atoms with Crippen molar-refractivity contribution in [2.24, 2.45) is 11.8 Å². The summed E-state index contributed by atoms with van der Waals surface area (Å²) >= 11 is 0. The van der Waals surface area contributed by atoms with Gasteiger partial charge in [0.05, 0.1) is 14.2 Å². The molecular formula is C17H34OSi. The zero-order valence-corrected chi connectivity index (χ0v) is 14.9. The second-order valence-electron chi connectivity index (χ2n) is 7.85. The number of aliphatic hydroxyl groups excluding tert-OH is 1. The minimum absolute atomic E-state index is 0.0544. The van der Waals surface area contributed by atoms with Gasteiger partial charge in [-0.05, 0) is 36.1 Å². The SMILES string of the molecule is CC(C)C(C)(C)[Si](C)(C)/C=C/C[C@@H]1CCCC[C@H]1O. The number of hydrogen-bond donors (Lipinski definition) is 1. The van der Waals surface area contributed by atoms with Crippen molar-refractivity contribution in [2.45, 2.75) is 84.0 Å². The summed E-state index contributed by atoms with van der Waals surface area (Å²) in [4.78, 5) is 0. The molecule has 2 heteroatoms. The molecule has 19 heavy (non-hydrogen) atoms. The standard InChI is InChI=1S/C17H34OSi/c1-14(2)17(3,4)19(5,6)13-9-11-15-10-7-8-12-16(15)18/h9,13-16,18H,7-8,10-12H2,1-6H3/b13-9+/t15-,16+/m0/s1. The largest absolute Gasteiger partial charge is 0.393 e. The van der Waals surface area contributed by atoms with E-state index < -0.39 is 8.07 Å². The maximum atomic E-state index is 10.0. The highest BCUT2D eigenvalue weighted by Gasteiger charge is 2.39. The molecule has 0 aromatic rings. The second kappa shape index (κ2) is 6.58. The van der Waals surface area contributed by atoms with E-state index in [2.05, 4.69) is 52.6 Å². The Kier molecular flexibility index (Phi) is 5.88. The van der Waals surface area contributed by atoms with E-state index in [4.69, 9.17) is 0 Å². The number of allylic oxidation sites excluding steroid dienone is 1. The van der Waals surface area contributed by atoms with Gasteiger partial charge >= 0.3 is 0 Å². The molecule has 112 valence electrons. The van der Waals surface area contributed by atoms with Crippen LogP contribution in [0.3, 0.4) is 0 Å². The van der Waals surface area contributed by atoms with Crippen molar-refractivity contribution in [2.75, 3.05) is 0 Å². The first-order chi connectivity index (χ1) is 8.68. The van der Waals surface area contributed by atoms with Crippen molar-refractivity contribution in [3.63, 3.8) is 0 Å². The molecule has 0 aromatic heterocycles. The van der Waals surface area contributed by atoms with Crippen LogP contribution in [0.1, 0.15) is 59.8 Å². The summed E-state index contributed by atoms with van der Waals surface area (Å²) in [6.07, 6.45) is 8.14. The van der Waals surface area contributed by atoms with Crippen molar-refractivity contribution < 1.29 is 5.11 Å². The molecule has 0 bridgehead atoms. The fourth-order valence-corrected chi connectivity index (χ4v) is 5.60. The Hall–Kier alpha value is -0.0831. The van der Waals surface area contributed by atoms with E-state index in [0.29, 0.717) is 11.0 Å². The van der Waals surface area contributed by atoms with Crippen LogP contribution in [0.4, 0.5) is 0 Å². The lowest BCUT2D eigenvalue weighted by atomic mass is 9.84. The second-order valence-corrected chi connectivity index (χ2v) is 12.9. The van der Waals surface area contributed by atoms with Crippen molar-refractivity contribution in [1.29, 1.82) is 0 Å². The highest BCUT2D eigenvalue weighted by atomic mass is 28.3. The van der Waals surface area contributed by atoms with Crippen LogP contribution in [0.25, 0.3) is 0 Å². The summed E-state index contributed by atoms with van der Waals surface area (Å²) in [5.41, 5.74) is 2.52. The number of hydrogen-bond acceptors (Lipinski definition) is 1. The van der Waals surface area contributed by atoms with Crippen LogP contribution >= 0.6 is 0 Å². The van der Waals surface area contributed by atoms with E-state index in [1.165, 1.54) is 19.3 Å². The van der Waals surface area contributed by atoms with Crippen molar-refractivity contribution in [1.82, 2.24) is 0 Å². The highest BCUT2D eigenvalue weighted by Crippen LogP contribution is 2.44. The zero-order valence-electron chi connectivity index (χ0n) is 13.9. The van der Waals surface area contributed by atoms with E-state index in [9.17, 15) is 5.11 Å². The Morgan fingerprint density at radius 3 is 2.32 bits per heavy atom. The van der Waals surface area contributed by atoms with Gasteiger partial charge in [-0.2, -0.15) is 0 Å². The van der Waals surface area contributed by atoms with Gasteiger partial charge in [-0.15, -0.1) is 0 Å². The molecule has 0 heterocycles. The first kappa shape index (κ1) is 17.0. The summed E-state index contributed by atoms with van der Waals surface area (Å²) in [7, 11) is -1.36. The lowest BCUT2D eigenvalue weighted by Crippen LogP contribution is -2.40. The van der Waals surface area contributed by atoms with Gasteiger partial charge in [-0.3, -0.25) is 0 Å². The third kappa shape index (κ3) is 4.19. The molecule has 0 spiro atoms. The molecule has 1 fully saturated rings. The summed E-state index contributed by atoms with van der Waals surface area (Å²) in [6.45, 7) is 14.5. The molecule has 0 unspecified atom stereocenters. The summed E-state index contributed by atoms with van der Waals surface area (Å²) < 4.78 is 0. The molecule has 0 saturated heterocycles. The van der Waals surface area contributed by atoms with E-state index in [-0.39, 0.29) is 6.10 Å². The minimum Gasteiger partial charge on any atom is -0.393 e. The van der Waals surface area contributed by atoms with Crippen LogP contribution in [-0.4, -0.2) is 19.3 Å². The number of aliphatic hydroxyl groups is 1. The molecular weight excluding hydrogens is 248 g/mol. The smallest absolute Gasteiger partial charge is 0.0771 e. The van der Waals surface area contributed by atoms with Gasteiger partial charge in [0.2, 0.25) is 0 Å². The van der Waals surface area contributed by atoms with Crippen molar-refractivity contribution in [3.05, 3.63) is 11.8 Å². The topological polar surface area (TPSA) is 20.2 Å². The third-order valence-electron chi connectivity index (χ3n) is 5.95. The van der Waals surface area contributed by atoms with E-state index >= 15 is 0 Å². The fraction of sp³-hybridized carbons (Fsp3) is 0.882. The molecule has 1 saturated carbocycles. The summed E-state index contributed by atoms with van der Waals surface area (Å²) in [6, 6.07) is 0. The maximum Gasteiger partial charge on any atom is 0.0771 e. The Labute approximate surface area is 121 Å². The lowest BCUT2D eigenvalue weighted by Gasteiger charge is -2.41. The van der Waals surface area contributed by atoms with Crippen LogP contribution in [-0.2, 0) is 0 Å². The third-order valence-corrected chi connectivity index (χ3v) is 10.9. The fourth-order valence-electron chi connectivity index (χ4n) is 2.96. The summed E-state index contributed by atoms with van der Waals surface area (Å²) in [5.74, 6) is 1.23. The van der Waals surface area contributed by atoms with Gasteiger partial charge in [-0.25, -0.2) is 0 Å². The molecule has 1 nitrogen and oxygen atoms in total. The normalized spacial score (nSPS) is 26.3. The van der Waals surface area contributed by atoms with E-state index in [0.717, 1.165) is 18.8 Å². The van der Waals surface area contributed by atoms with Crippen LogP contribution in [0.15, 0.2) is 11.8 Å². The monoisotopic (exact) mass is 282 g/mol. The maximum absolute atomic E-state index is 10.0. The van der Waals surface area contributed by atoms with Gasteiger partial charge in [0, 0.05) is 0 Å². The van der Waals surface area contributed by atoms with Gasteiger partial charge < -0.3 is 5.11 Å². The Bertz CT molecular complexity index is 304. The molecule has 0 radical (unpaired) electrons. The molecule has 1 aliphatic carbocycles. The van der Waals surface area contributed by atoms with Crippen molar-refractivity contribution in [3.8, 4) is 0 Å². The molecule has 1 N–H and O–H groups in total. The quantitative estimate of drug-likeness (QED) is 0.690. The molecule has 2 atom stereocenters. The van der Waals surface area contributed by atoms with Crippen LogP contribution in [0.2, 0.25) is 18.1 Å². The molecule has 0 aliphatic heterocycles. The predicted octanol–water partition coefficient (Wildman–Crippen LogP) is 5.17.